The average Bonchev–Trinajstić information content (AvgIpc) is 3.08. The molecule has 2 aromatic heterocycles. The first kappa shape index (κ1) is 20.2. The second kappa shape index (κ2) is 7.14. The number of ether oxygens (including phenoxy) is 1. The quantitative estimate of drug-likeness (QED) is 0.281. The number of aliphatic hydroxyl groups is 1. The molecule has 3 heterocycles. The first-order valence-electron chi connectivity index (χ1n) is 7.17. The van der Waals surface area contributed by atoms with Gasteiger partial charge in [0.15, 0.2) is 17.7 Å². The Kier molecular flexibility index (Phi) is 5.35. The van der Waals surface area contributed by atoms with Crippen LogP contribution in [0, 0.1) is 0 Å². The van der Waals surface area contributed by atoms with Gasteiger partial charge in [0.05, 0.1) is 12.9 Å². The zero-order chi connectivity index (χ0) is 20.0. The van der Waals surface area contributed by atoms with Crippen LogP contribution in [-0.2, 0) is 22.9 Å². The fourth-order valence-corrected chi connectivity index (χ4v) is 3.81. The molecule has 0 radical (unpaired) electrons. The van der Waals surface area contributed by atoms with Crippen molar-refractivity contribution in [1.29, 1.82) is 0 Å². The molecule has 1 saturated heterocycles. The van der Waals surface area contributed by atoms with Gasteiger partial charge in [-0.15, -0.1) is 0 Å². The van der Waals surface area contributed by atoms with Gasteiger partial charge in [-0.05, 0) is 0 Å². The van der Waals surface area contributed by atoms with Gasteiger partial charge < -0.3 is 35.2 Å². The largest absolute Gasteiger partial charge is 0.470 e. The number of imidazole rings is 1. The van der Waals surface area contributed by atoms with Gasteiger partial charge in [-0.3, -0.25) is 13.6 Å². The fraction of sp³-hybridized carbons (Fsp3) is 0.500. The Labute approximate surface area is 150 Å². The summed E-state index contributed by atoms with van der Waals surface area (Å²) in [5.74, 6) is 0.0194. The number of nitrogens with zero attached hydrogens (tertiary/aromatic N) is 4. The number of anilines is 1. The van der Waals surface area contributed by atoms with Crippen molar-refractivity contribution in [3.63, 3.8) is 0 Å². The van der Waals surface area contributed by atoms with Crippen LogP contribution in [0.25, 0.3) is 11.2 Å². The number of nitrogen functional groups attached to an aromatic ring is 1. The van der Waals surface area contributed by atoms with Gasteiger partial charge in [0.25, 0.3) is 0 Å². The summed E-state index contributed by atoms with van der Waals surface area (Å²) >= 11 is 0. The van der Waals surface area contributed by atoms with E-state index in [1.54, 1.807) is 0 Å². The Morgan fingerprint density at radius 3 is 2.33 bits per heavy atom. The van der Waals surface area contributed by atoms with E-state index >= 15 is 0 Å². The molecule has 1 fully saturated rings. The second-order valence-electron chi connectivity index (χ2n) is 5.45. The Bertz CT molecular complexity index is 926. The highest BCUT2D eigenvalue weighted by atomic mass is 31.2. The average molecular weight is 427 g/mol. The molecular weight excluding hydrogens is 412 g/mol. The minimum atomic E-state index is -5.15. The topological polar surface area (TPSA) is 233 Å². The van der Waals surface area contributed by atoms with E-state index in [1.807, 2.05) is 0 Å². The van der Waals surface area contributed by atoms with Crippen molar-refractivity contribution in [2.75, 3.05) is 12.3 Å². The van der Waals surface area contributed by atoms with Crippen molar-refractivity contribution < 1.29 is 47.6 Å². The van der Waals surface area contributed by atoms with Crippen LogP contribution in [0.2, 0.25) is 0 Å². The molecule has 27 heavy (non-hydrogen) atoms. The Morgan fingerprint density at radius 2 is 1.74 bits per heavy atom. The molecule has 7 N–H and O–H groups in total. The SMILES string of the molecule is Nc1ncnc2c1ncn2C1OC(CO)C(OP(=O)(O)O)C1OP(=O)(O)O. The van der Waals surface area contributed by atoms with Crippen LogP contribution >= 0.6 is 15.6 Å². The molecular formula is C10H15N5O10P2. The highest BCUT2D eigenvalue weighted by Gasteiger charge is 2.52. The standard InChI is InChI=1S/C10H15N5O10P2/c11-8-5-9(13-2-12-8)15(3-14-5)10-7(25-27(20,21)22)6(4(1-16)23-10)24-26(17,18)19/h2-4,6-7,10,16H,1H2,(H2,11,12,13)(H2,17,18,19)(H2,20,21,22). The van der Waals surface area contributed by atoms with Crippen molar-refractivity contribution in [3.8, 4) is 0 Å². The van der Waals surface area contributed by atoms with Crippen LogP contribution in [0.15, 0.2) is 12.7 Å². The lowest BCUT2D eigenvalue weighted by molar-refractivity contribution is -0.0503. The molecule has 4 atom stereocenters. The lowest BCUT2D eigenvalue weighted by Gasteiger charge is -2.24. The van der Waals surface area contributed by atoms with Gasteiger partial charge in [-0.1, -0.05) is 0 Å². The Hall–Kier alpha value is -1.51. The van der Waals surface area contributed by atoms with E-state index in [0.29, 0.717) is 0 Å². The summed E-state index contributed by atoms with van der Waals surface area (Å²) in [6.07, 6.45) is -3.97. The van der Waals surface area contributed by atoms with Crippen molar-refractivity contribution >= 4 is 32.6 Å². The number of hydrogen-bond donors (Lipinski definition) is 6. The summed E-state index contributed by atoms with van der Waals surface area (Å²) in [4.78, 5) is 48.2. The summed E-state index contributed by atoms with van der Waals surface area (Å²) in [5.41, 5.74) is 5.92. The number of phosphoric ester groups is 2. The van der Waals surface area contributed by atoms with Crippen LogP contribution < -0.4 is 5.73 Å². The zero-order valence-corrected chi connectivity index (χ0v) is 15.0. The van der Waals surface area contributed by atoms with E-state index < -0.39 is 46.8 Å². The van der Waals surface area contributed by atoms with Crippen molar-refractivity contribution in [1.82, 2.24) is 19.5 Å². The highest BCUT2D eigenvalue weighted by molar-refractivity contribution is 7.46. The number of aromatic nitrogens is 4. The van der Waals surface area contributed by atoms with Crippen molar-refractivity contribution in [2.24, 2.45) is 0 Å². The maximum absolute atomic E-state index is 11.4. The van der Waals surface area contributed by atoms with Crippen LogP contribution in [0.5, 0.6) is 0 Å². The van der Waals surface area contributed by atoms with Gasteiger partial charge in [0.2, 0.25) is 0 Å². The third-order valence-corrected chi connectivity index (χ3v) is 4.68. The molecule has 0 amide bonds. The minimum Gasteiger partial charge on any atom is -0.394 e. The van der Waals surface area contributed by atoms with E-state index in [9.17, 15) is 24.0 Å². The molecule has 1 aliphatic heterocycles. The maximum Gasteiger partial charge on any atom is 0.470 e. The third-order valence-electron chi connectivity index (χ3n) is 3.64. The number of rotatable bonds is 6. The molecule has 1 aliphatic rings. The van der Waals surface area contributed by atoms with E-state index in [1.165, 1.54) is 4.57 Å². The number of phosphoric acid groups is 2. The highest BCUT2D eigenvalue weighted by Crippen LogP contribution is 2.49. The van der Waals surface area contributed by atoms with Gasteiger partial charge in [0.1, 0.15) is 30.2 Å². The van der Waals surface area contributed by atoms with E-state index in [4.69, 9.17) is 20.3 Å². The molecule has 17 heteroatoms. The molecule has 2 aromatic rings. The molecule has 0 aromatic carbocycles. The summed E-state index contributed by atoms with van der Waals surface area (Å²) in [5, 5.41) is 9.44. The maximum atomic E-state index is 11.4. The molecule has 0 saturated carbocycles. The summed E-state index contributed by atoms with van der Waals surface area (Å²) < 4.78 is 38.4. The van der Waals surface area contributed by atoms with Crippen molar-refractivity contribution in [3.05, 3.63) is 12.7 Å². The second-order valence-corrected chi connectivity index (χ2v) is 7.84. The number of nitrogens with two attached hydrogens (primary N) is 1. The number of aliphatic hydroxyl groups excluding tert-OH is 1. The predicted molar refractivity (Wildman–Crippen MR) is 84.6 cm³/mol. The van der Waals surface area contributed by atoms with Crippen LogP contribution in [0.3, 0.4) is 0 Å². The van der Waals surface area contributed by atoms with E-state index in [0.717, 1.165) is 12.7 Å². The smallest absolute Gasteiger partial charge is 0.394 e. The van der Waals surface area contributed by atoms with Gasteiger partial charge >= 0.3 is 15.6 Å². The van der Waals surface area contributed by atoms with E-state index in [2.05, 4.69) is 24.0 Å². The Balaban J connectivity index is 2.07. The van der Waals surface area contributed by atoms with Crippen LogP contribution in [0.4, 0.5) is 5.82 Å². The van der Waals surface area contributed by atoms with Gasteiger partial charge in [-0.25, -0.2) is 24.1 Å². The molecule has 3 rings (SSSR count). The zero-order valence-electron chi connectivity index (χ0n) is 13.2. The minimum absolute atomic E-state index is 0.0194. The van der Waals surface area contributed by atoms with Gasteiger partial charge in [0, 0.05) is 0 Å². The van der Waals surface area contributed by atoms with E-state index in [-0.39, 0.29) is 17.0 Å². The molecule has 4 unspecified atom stereocenters. The molecule has 0 spiro atoms. The lowest BCUT2D eigenvalue weighted by atomic mass is 10.1. The molecule has 0 bridgehead atoms. The monoisotopic (exact) mass is 427 g/mol. The van der Waals surface area contributed by atoms with Crippen LogP contribution in [0.1, 0.15) is 6.23 Å². The van der Waals surface area contributed by atoms with Gasteiger partial charge in [-0.2, -0.15) is 0 Å². The molecule has 0 aliphatic carbocycles. The molecule has 15 nitrogen and oxygen atoms in total. The third kappa shape index (κ3) is 4.33. The molecule has 150 valence electrons. The summed E-state index contributed by atoms with van der Waals surface area (Å²) in [7, 11) is -10.3. The predicted octanol–water partition coefficient (Wildman–Crippen LogP) is -1.75. The first-order valence-corrected chi connectivity index (χ1v) is 10.2. The van der Waals surface area contributed by atoms with Crippen LogP contribution in [-0.4, -0.2) is 69.1 Å². The lowest BCUT2D eigenvalue weighted by Crippen LogP contribution is -2.36. The normalized spacial score (nSPS) is 26.7. The first-order chi connectivity index (χ1) is 12.5. The fourth-order valence-electron chi connectivity index (χ4n) is 2.69. The summed E-state index contributed by atoms with van der Waals surface area (Å²) in [6, 6.07) is 0. The van der Waals surface area contributed by atoms with Crippen molar-refractivity contribution in [2.45, 2.75) is 24.5 Å². The number of fused-ring (bicyclic) bond motifs is 1. The Morgan fingerprint density at radius 1 is 1.11 bits per heavy atom. The summed E-state index contributed by atoms with van der Waals surface area (Å²) in [6.45, 7) is -0.786. The number of hydrogen-bond acceptors (Lipinski definition) is 10.